The second kappa shape index (κ2) is 8.93. The first-order chi connectivity index (χ1) is 13.6. The van der Waals surface area contributed by atoms with Crippen molar-refractivity contribution in [2.75, 3.05) is 23.9 Å². The molecular weight excluding hydrogens is 376 g/mol. The summed E-state index contributed by atoms with van der Waals surface area (Å²) in [5.74, 6) is -0.0848. The molecule has 2 aromatic carbocycles. The average molecular weight is 398 g/mol. The number of amides is 3. The van der Waals surface area contributed by atoms with E-state index < -0.39 is 23.8 Å². The summed E-state index contributed by atoms with van der Waals surface area (Å²) < 4.78 is 5.55. The van der Waals surface area contributed by atoms with E-state index in [1.165, 1.54) is 0 Å². The number of benzene rings is 2. The van der Waals surface area contributed by atoms with Crippen LogP contribution >= 0.6 is 11.8 Å². The predicted molar refractivity (Wildman–Crippen MR) is 110 cm³/mol. The van der Waals surface area contributed by atoms with Gasteiger partial charge in [-0.15, -0.1) is 0 Å². The van der Waals surface area contributed by atoms with Crippen molar-refractivity contribution in [1.29, 1.82) is 0 Å². The largest absolute Gasteiger partial charge is 0.492 e. The van der Waals surface area contributed by atoms with Crippen molar-refractivity contribution in [3.05, 3.63) is 59.7 Å². The fourth-order valence-corrected chi connectivity index (χ4v) is 3.62. The Morgan fingerprint density at radius 3 is 2.29 bits per heavy atom. The second-order valence-corrected chi connectivity index (χ2v) is 7.23. The van der Waals surface area contributed by atoms with Crippen LogP contribution in [0.25, 0.3) is 0 Å². The predicted octanol–water partition coefficient (Wildman–Crippen LogP) is 3.44. The number of rotatable bonds is 8. The maximum Gasteiger partial charge on any atom is 0.262 e. The maximum atomic E-state index is 13.1. The molecule has 28 heavy (non-hydrogen) atoms. The lowest BCUT2D eigenvalue weighted by molar-refractivity contribution is -0.120. The quantitative estimate of drug-likeness (QED) is 0.690. The summed E-state index contributed by atoms with van der Waals surface area (Å²) in [5, 5.41) is 2.83. The maximum absolute atomic E-state index is 13.1. The summed E-state index contributed by atoms with van der Waals surface area (Å²) >= 11 is 1.56. The van der Waals surface area contributed by atoms with E-state index in [4.69, 9.17) is 4.74 Å². The first-order valence-corrected chi connectivity index (χ1v) is 10.5. The van der Waals surface area contributed by atoms with Crippen LogP contribution in [0.15, 0.2) is 48.5 Å². The smallest absolute Gasteiger partial charge is 0.262 e. The monoisotopic (exact) mass is 398 g/mol. The van der Waals surface area contributed by atoms with Crippen LogP contribution < -0.4 is 10.1 Å². The minimum atomic E-state index is -0.894. The third-order valence-corrected chi connectivity index (χ3v) is 5.12. The summed E-state index contributed by atoms with van der Waals surface area (Å²) in [7, 11) is 0. The van der Waals surface area contributed by atoms with Gasteiger partial charge in [0.05, 0.1) is 23.4 Å². The molecule has 6 nitrogen and oxygen atoms in total. The van der Waals surface area contributed by atoms with Crippen molar-refractivity contribution in [2.45, 2.75) is 19.4 Å². The van der Waals surface area contributed by atoms with Crippen LogP contribution in [0.3, 0.4) is 0 Å². The molecule has 0 bridgehead atoms. The highest BCUT2D eigenvalue weighted by Gasteiger charge is 2.42. The van der Waals surface area contributed by atoms with Crippen LogP contribution in [0.1, 0.15) is 34.1 Å². The molecule has 0 spiro atoms. The van der Waals surface area contributed by atoms with Gasteiger partial charge in [-0.25, -0.2) is 0 Å². The Bertz CT molecular complexity index is 864. The number of ether oxygens (including phenoxy) is 1. The number of thioether (sulfide) groups is 1. The van der Waals surface area contributed by atoms with Crippen molar-refractivity contribution < 1.29 is 19.1 Å². The standard InChI is InChI=1S/C21H22N2O4S/c1-3-27-18-11-7-6-10-16(18)22-19(24)17(12-13-28-2)23-20(25)14-8-4-5-9-15(14)21(23)26/h4-11,17H,3,12-13H2,1-2H3,(H,22,24). The molecule has 7 heteroatoms. The van der Waals surface area contributed by atoms with E-state index in [0.29, 0.717) is 41.3 Å². The van der Waals surface area contributed by atoms with Crippen LogP contribution in [0.5, 0.6) is 5.75 Å². The van der Waals surface area contributed by atoms with Crippen molar-refractivity contribution in [3.8, 4) is 5.75 Å². The molecule has 3 rings (SSSR count). The van der Waals surface area contributed by atoms with Crippen LogP contribution in [-0.2, 0) is 4.79 Å². The van der Waals surface area contributed by atoms with Crippen LogP contribution in [0.2, 0.25) is 0 Å². The Morgan fingerprint density at radius 2 is 1.68 bits per heavy atom. The lowest BCUT2D eigenvalue weighted by Gasteiger charge is -2.25. The van der Waals surface area contributed by atoms with E-state index in [1.54, 1.807) is 54.2 Å². The fourth-order valence-electron chi connectivity index (χ4n) is 3.17. The van der Waals surface area contributed by atoms with Gasteiger partial charge in [-0.1, -0.05) is 24.3 Å². The van der Waals surface area contributed by atoms with Crippen LogP contribution in [-0.4, -0.2) is 47.3 Å². The van der Waals surface area contributed by atoms with Gasteiger partial charge >= 0.3 is 0 Å². The molecule has 2 aromatic rings. The van der Waals surface area contributed by atoms with Gasteiger partial charge in [0.15, 0.2) is 0 Å². The van der Waals surface area contributed by atoms with Gasteiger partial charge < -0.3 is 10.1 Å². The molecule has 1 N–H and O–H groups in total. The Balaban J connectivity index is 1.88. The molecule has 0 saturated heterocycles. The molecule has 1 aliphatic rings. The molecule has 0 fully saturated rings. The summed E-state index contributed by atoms with van der Waals surface area (Å²) in [5.41, 5.74) is 1.19. The van der Waals surface area contributed by atoms with E-state index in [1.807, 2.05) is 19.2 Å². The van der Waals surface area contributed by atoms with Crippen molar-refractivity contribution in [3.63, 3.8) is 0 Å². The molecule has 1 aliphatic heterocycles. The first-order valence-electron chi connectivity index (χ1n) is 9.07. The van der Waals surface area contributed by atoms with E-state index in [2.05, 4.69) is 5.32 Å². The molecule has 0 saturated carbocycles. The van der Waals surface area contributed by atoms with Gasteiger partial charge in [-0.3, -0.25) is 19.3 Å². The summed E-state index contributed by atoms with van der Waals surface area (Å²) in [4.78, 5) is 39.8. The zero-order chi connectivity index (χ0) is 20.1. The minimum absolute atomic E-state index is 0.337. The highest BCUT2D eigenvalue weighted by atomic mass is 32.2. The number of hydrogen-bond acceptors (Lipinski definition) is 5. The molecule has 0 aliphatic carbocycles. The lowest BCUT2D eigenvalue weighted by Crippen LogP contribution is -2.47. The number of anilines is 1. The molecule has 1 unspecified atom stereocenters. The van der Waals surface area contributed by atoms with E-state index in [0.717, 1.165) is 4.90 Å². The summed E-state index contributed by atoms with van der Waals surface area (Å²) in [6.45, 7) is 2.32. The number of nitrogens with zero attached hydrogens (tertiary/aromatic N) is 1. The Morgan fingerprint density at radius 1 is 1.07 bits per heavy atom. The second-order valence-electron chi connectivity index (χ2n) is 6.24. The molecule has 1 heterocycles. The van der Waals surface area contributed by atoms with Gasteiger partial charge in [0.1, 0.15) is 11.8 Å². The van der Waals surface area contributed by atoms with E-state index in [-0.39, 0.29) is 0 Å². The number of para-hydroxylation sites is 2. The molecule has 0 radical (unpaired) electrons. The van der Waals surface area contributed by atoms with Gasteiger partial charge in [0.2, 0.25) is 5.91 Å². The number of nitrogens with one attached hydrogen (secondary N) is 1. The van der Waals surface area contributed by atoms with Gasteiger partial charge in [0, 0.05) is 0 Å². The summed E-state index contributed by atoms with van der Waals surface area (Å²) in [6, 6.07) is 12.9. The highest BCUT2D eigenvalue weighted by molar-refractivity contribution is 7.98. The van der Waals surface area contributed by atoms with Crippen LogP contribution in [0.4, 0.5) is 5.69 Å². The Hall–Kier alpha value is -2.80. The highest BCUT2D eigenvalue weighted by Crippen LogP contribution is 2.28. The van der Waals surface area contributed by atoms with E-state index in [9.17, 15) is 14.4 Å². The number of fused-ring (bicyclic) bond motifs is 1. The SMILES string of the molecule is CCOc1ccccc1NC(=O)C(CCSC)N1C(=O)c2ccccc2C1=O. The van der Waals surface area contributed by atoms with Crippen molar-refractivity contribution >= 4 is 35.2 Å². The zero-order valence-corrected chi connectivity index (χ0v) is 16.6. The molecule has 1 atom stereocenters. The zero-order valence-electron chi connectivity index (χ0n) is 15.8. The minimum Gasteiger partial charge on any atom is -0.492 e. The van der Waals surface area contributed by atoms with Gasteiger partial charge in [0.25, 0.3) is 11.8 Å². The molecule has 3 amide bonds. The Kier molecular flexibility index (Phi) is 6.36. The van der Waals surface area contributed by atoms with Crippen molar-refractivity contribution in [1.82, 2.24) is 4.90 Å². The van der Waals surface area contributed by atoms with Gasteiger partial charge in [-0.05, 0) is 49.6 Å². The van der Waals surface area contributed by atoms with Crippen LogP contribution in [0, 0.1) is 0 Å². The van der Waals surface area contributed by atoms with Gasteiger partial charge in [-0.2, -0.15) is 11.8 Å². The lowest BCUT2D eigenvalue weighted by atomic mass is 10.1. The normalized spacial score (nSPS) is 14.0. The topological polar surface area (TPSA) is 75.7 Å². The average Bonchev–Trinajstić information content (AvgIpc) is 2.95. The number of carbonyl (C=O) groups is 3. The number of carbonyl (C=O) groups excluding carboxylic acids is 3. The third-order valence-electron chi connectivity index (χ3n) is 4.48. The number of hydrogen-bond donors (Lipinski definition) is 1. The first kappa shape index (κ1) is 19.9. The van der Waals surface area contributed by atoms with E-state index >= 15 is 0 Å². The molecular formula is C21H22N2O4S. The molecule has 0 aromatic heterocycles. The fraction of sp³-hybridized carbons (Fsp3) is 0.286. The Labute approximate surface area is 168 Å². The molecule has 146 valence electrons. The third kappa shape index (κ3) is 3.89. The number of imide groups is 1. The summed E-state index contributed by atoms with van der Waals surface area (Å²) in [6.07, 6.45) is 2.29. The van der Waals surface area contributed by atoms with Crippen molar-refractivity contribution in [2.24, 2.45) is 0 Å².